The Balaban J connectivity index is 2.04. The highest BCUT2D eigenvalue weighted by molar-refractivity contribution is 6.32. The van der Waals surface area contributed by atoms with Crippen LogP contribution in [-0.4, -0.2) is 13.1 Å². The molecule has 92 valence electrons. The molecule has 2 N–H and O–H groups in total. The van der Waals surface area contributed by atoms with Gasteiger partial charge >= 0.3 is 0 Å². The number of halogens is 1. The number of benzene rings is 1. The minimum Gasteiger partial charge on any atom is -0.371 e. The predicted octanol–water partition coefficient (Wildman–Crippen LogP) is 3.28. The summed E-state index contributed by atoms with van der Waals surface area (Å²) in [7, 11) is 0. The Morgan fingerprint density at radius 1 is 1.12 bits per heavy atom. The van der Waals surface area contributed by atoms with Crippen LogP contribution in [0.3, 0.4) is 0 Å². The molecule has 1 aliphatic heterocycles. The molecular formula is C14H19ClN2. The van der Waals surface area contributed by atoms with Gasteiger partial charge in [0.15, 0.2) is 0 Å². The maximum atomic E-state index is 6.48. The Morgan fingerprint density at radius 2 is 1.82 bits per heavy atom. The summed E-state index contributed by atoms with van der Waals surface area (Å²) in [5, 5.41) is 0.844. The first kappa shape index (κ1) is 11.4. The standard InChI is InChI=1S/C14H19ClN2/c15-11-5-3-6-12(17-9-1-2-10-17)13(11)14(16)7-4-8-14/h3,5-6H,1-2,4,7-10,16H2. The summed E-state index contributed by atoms with van der Waals surface area (Å²) in [6, 6.07) is 6.20. The zero-order chi connectivity index (χ0) is 11.9. The van der Waals surface area contributed by atoms with Gasteiger partial charge in [0.25, 0.3) is 0 Å². The Kier molecular flexibility index (Phi) is 2.80. The second-order valence-electron chi connectivity index (χ2n) is 5.34. The van der Waals surface area contributed by atoms with Crippen molar-refractivity contribution in [2.45, 2.75) is 37.6 Å². The molecule has 2 nitrogen and oxygen atoms in total. The summed E-state index contributed by atoms with van der Waals surface area (Å²) < 4.78 is 0. The smallest absolute Gasteiger partial charge is 0.0477 e. The molecule has 3 heteroatoms. The Labute approximate surface area is 108 Å². The third-order valence-electron chi connectivity index (χ3n) is 4.18. The Morgan fingerprint density at radius 3 is 2.41 bits per heavy atom. The molecule has 1 aromatic carbocycles. The van der Waals surface area contributed by atoms with E-state index in [1.807, 2.05) is 12.1 Å². The largest absolute Gasteiger partial charge is 0.371 e. The summed E-state index contributed by atoms with van der Waals surface area (Å²) in [6.45, 7) is 2.28. The molecule has 17 heavy (non-hydrogen) atoms. The van der Waals surface area contributed by atoms with Crippen LogP contribution in [0.2, 0.25) is 5.02 Å². The molecule has 0 amide bonds. The van der Waals surface area contributed by atoms with Crippen LogP contribution < -0.4 is 10.6 Å². The van der Waals surface area contributed by atoms with Crippen molar-refractivity contribution in [2.75, 3.05) is 18.0 Å². The minimum absolute atomic E-state index is 0.170. The Hall–Kier alpha value is -0.730. The summed E-state index contributed by atoms with van der Waals surface area (Å²) in [6.07, 6.45) is 5.92. The van der Waals surface area contributed by atoms with Crippen LogP contribution in [0.25, 0.3) is 0 Å². The zero-order valence-corrected chi connectivity index (χ0v) is 10.8. The van der Waals surface area contributed by atoms with E-state index in [9.17, 15) is 0 Å². The lowest BCUT2D eigenvalue weighted by molar-refractivity contribution is 0.254. The quantitative estimate of drug-likeness (QED) is 0.873. The second-order valence-corrected chi connectivity index (χ2v) is 5.75. The van der Waals surface area contributed by atoms with E-state index in [0.717, 1.165) is 31.0 Å². The third-order valence-corrected chi connectivity index (χ3v) is 4.50. The minimum atomic E-state index is -0.170. The van der Waals surface area contributed by atoms with Crippen LogP contribution in [0.15, 0.2) is 18.2 Å². The molecular weight excluding hydrogens is 232 g/mol. The fourth-order valence-electron chi connectivity index (χ4n) is 3.03. The molecule has 0 bridgehead atoms. The molecule has 0 atom stereocenters. The normalized spacial score (nSPS) is 22.6. The molecule has 1 aliphatic carbocycles. The number of anilines is 1. The molecule has 1 aromatic rings. The summed E-state index contributed by atoms with van der Waals surface area (Å²) in [5.74, 6) is 0. The first-order chi connectivity index (χ1) is 8.21. The van der Waals surface area contributed by atoms with Gasteiger partial charge in [-0.3, -0.25) is 0 Å². The number of hydrogen-bond donors (Lipinski definition) is 1. The molecule has 3 rings (SSSR count). The van der Waals surface area contributed by atoms with Crippen molar-refractivity contribution in [1.82, 2.24) is 0 Å². The van der Waals surface area contributed by atoms with Crippen molar-refractivity contribution in [1.29, 1.82) is 0 Å². The summed E-state index contributed by atoms with van der Waals surface area (Å²) in [4.78, 5) is 2.44. The SMILES string of the molecule is NC1(c2c(Cl)cccc2N2CCCC2)CCC1. The molecule has 0 unspecified atom stereocenters. The fourth-order valence-corrected chi connectivity index (χ4v) is 3.39. The molecule has 1 saturated heterocycles. The van der Waals surface area contributed by atoms with Crippen LogP contribution in [-0.2, 0) is 5.54 Å². The maximum Gasteiger partial charge on any atom is 0.0477 e. The van der Waals surface area contributed by atoms with Crippen LogP contribution in [0.5, 0.6) is 0 Å². The molecule has 2 aliphatic rings. The van der Waals surface area contributed by atoms with E-state index in [0.29, 0.717) is 0 Å². The van der Waals surface area contributed by atoms with Crippen LogP contribution in [0, 0.1) is 0 Å². The van der Waals surface area contributed by atoms with Gasteiger partial charge in [-0.25, -0.2) is 0 Å². The van der Waals surface area contributed by atoms with Gasteiger partial charge in [0.2, 0.25) is 0 Å². The van der Waals surface area contributed by atoms with Crippen molar-refractivity contribution in [3.05, 3.63) is 28.8 Å². The number of hydrogen-bond acceptors (Lipinski definition) is 2. The lowest BCUT2D eigenvalue weighted by atomic mass is 9.72. The van der Waals surface area contributed by atoms with E-state index < -0.39 is 0 Å². The van der Waals surface area contributed by atoms with Gasteiger partial charge in [0.05, 0.1) is 0 Å². The molecule has 0 radical (unpaired) electrons. The van der Waals surface area contributed by atoms with Crippen LogP contribution >= 0.6 is 11.6 Å². The third kappa shape index (κ3) is 1.84. The maximum absolute atomic E-state index is 6.48. The first-order valence-corrected chi connectivity index (χ1v) is 6.91. The van der Waals surface area contributed by atoms with E-state index >= 15 is 0 Å². The lowest BCUT2D eigenvalue weighted by Crippen LogP contribution is -2.44. The van der Waals surface area contributed by atoms with E-state index in [-0.39, 0.29) is 5.54 Å². The molecule has 0 spiro atoms. The van der Waals surface area contributed by atoms with E-state index in [1.165, 1.54) is 30.5 Å². The van der Waals surface area contributed by atoms with Gasteiger partial charge < -0.3 is 10.6 Å². The average Bonchev–Trinajstić information content (AvgIpc) is 2.79. The topological polar surface area (TPSA) is 29.3 Å². The fraction of sp³-hybridized carbons (Fsp3) is 0.571. The van der Waals surface area contributed by atoms with Crippen molar-refractivity contribution in [3.8, 4) is 0 Å². The van der Waals surface area contributed by atoms with Gasteiger partial charge in [-0.1, -0.05) is 17.7 Å². The molecule has 1 saturated carbocycles. The van der Waals surface area contributed by atoms with Crippen LogP contribution in [0.4, 0.5) is 5.69 Å². The summed E-state index contributed by atoms with van der Waals surface area (Å²) >= 11 is 6.40. The number of rotatable bonds is 2. The van der Waals surface area contributed by atoms with Crippen molar-refractivity contribution < 1.29 is 0 Å². The predicted molar refractivity (Wildman–Crippen MR) is 72.6 cm³/mol. The Bertz CT molecular complexity index is 420. The van der Waals surface area contributed by atoms with E-state index in [1.54, 1.807) is 0 Å². The zero-order valence-electron chi connectivity index (χ0n) is 10.1. The monoisotopic (exact) mass is 250 g/mol. The molecule has 0 aromatic heterocycles. The summed E-state index contributed by atoms with van der Waals surface area (Å²) in [5.41, 5.74) is 8.78. The van der Waals surface area contributed by atoms with Gasteiger partial charge in [0.1, 0.15) is 0 Å². The lowest BCUT2D eigenvalue weighted by Gasteiger charge is -2.41. The average molecular weight is 251 g/mol. The highest BCUT2D eigenvalue weighted by atomic mass is 35.5. The highest BCUT2D eigenvalue weighted by Gasteiger charge is 2.38. The number of nitrogens with two attached hydrogens (primary N) is 1. The van der Waals surface area contributed by atoms with Crippen molar-refractivity contribution in [3.63, 3.8) is 0 Å². The van der Waals surface area contributed by atoms with Crippen LogP contribution in [0.1, 0.15) is 37.7 Å². The molecule has 2 fully saturated rings. The van der Waals surface area contributed by atoms with Crippen molar-refractivity contribution in [2.24, 2.45) is 5.73 Å². The van der Waals surface area contributed by atoms with E-state index in [4.69, 9.17) is 17.3 Å². The first-order valence-electron chi connectivity index (χ1n) is 6.53. The van der Waals surface area contributed by atoms with Gasteiger partial charge in [-0.05, 0) is 44.2 Å². The van der Waals surface area contributed by atoms with Gasteiger partial charge in [0, 0.05) is 34.9 Å². The van der Waals surface area contributed by atoms with Crippen molar-refractivity contribution >= 4 is 17.3 Å². The number of nitrogens with zero attached hydrogens (tertiary/aromatic N) is 1. The molecule has 1 heterocycles. The van der Waals surface area contributed by atoms with E-state index in [2.05, 4.69) is 11.0 Å². The second kappa shape index (κ2) is 4.18. The highest BCUT2D eigenvalue weighted by Crippen LogP contribution is 2.46. The van der Waals surface area contributed by atoms with Gasteiger partial charge in [-0.2, -0.15) is 0 Å². The van der Waals surface area contributed by atoms with Gasteiger partial charge in [-0.15, -0.1) is 0 Å².